The molecule has 0 bridgehead atoms. The van der Waals surface area contributed by atoms with Crippen LogP contribution in [-0.2, 0) is 22.4 Å². The molecule has 274 valence electrons. The van der Waals surface area contributed by atoms with Gasteiger partial charge in [0.2, 0.25) is 6.54 Å². The fourth-order valence-corrected chi connectivity index (χ4v) is 8.09. The van der Waals surface area contributed by atoms with Gasteiger partial charge < -0.3 is 33.8 Å². The lowest BCUT2D eigenvalue weighted by molar-refractivity contribution is -0.0366. The minimum Gasteiger partial charge on any atom is -0.462 e. The van der Waals surface area contributed by atoms with E-state index in [9.17, 15) is 4.79 Å². The Morgan fingerprint density at radius 3 is 2.63 bits per heavy atom. The largest absolute Gasteiger partial charge is 0.462 e. The first-order chi connectivity index (χ1) is 24.5. The van der Waals surface area contributed by atoms with Gasteiger partial charge in [-0.25, -0.2) is 16.0 Å². The van der Waals surface area contributed by atoms with Crippen LogP contribution in [0.1, 0.15) is 81.5 Å². The third-order valence-electron chi connectivity index (χ3n) is 10.9. The van der Waals surface area contributed by atoms with Crippen LogP contribution in [0.3, 0.4) is 0 Å². The maximum Gasteiger partial charge on any atom is 0.410 e. The van der Waals surface area contributed by atoms with Crippen LogP contribution < -0.4 is 14.5 Å². The molecule has 3 fully saturated rings. The van der Waals surface area contributed by atoms with E-state index in [1.165, 1.54) is 16.8 Å². The van der Waals surface area contributed by atoms with Gasteiger partial charge in [-0.3, -0.25) is 4.90 Å². The van der Waals surface area contributed by atoms with Crippen molar-refractivity contribution < 1.29 is 19.0 Å². The highest BCUT2D eigenvalue weighted by Gasteiger charge is 2.38. The van der Waals surface area contributed by atoms with E-state index in [1.54, 1.807) is 4.90 Å². The number of carbonyl (C=O) groups is 1. The lowest BCUT2D eigenvalue weighted by atomic mass is 9.99. The molecule has 0 saturated carbocycles. The van der Waals surface area contributed by atoms with E-state index < -0.39 is 5.60 Å². The molecule has 51 heavy (non-hydrogen) atoms. The summed E-state index contributed by atoms with van der Waals surface area (Å²) in [5, 5.41) is 6.00. The molecule has 0 spiro atoms. The highest BCUT2D eigenvalue weighted by atomic mass is 16.6. The van der Waals surface area contributed by atoms with Crippen LogP contribution >= 0.6 is 0 Å². The zero-order valence-corrected chi connectivity index (χ0v) is 31.2. The van der Waals surface area contributed by atoms with Crippen LogP contribution in [0, 0.1) is 20.4 Å². The summed E-state index contributed by atoms with van der Waals surface area (Å²) < 4.78 is 20.4. The predicted octanol–water partition coefficient (Wildman–Crippen LogP) is 5.52. The summed E-state index contributed by atoms with van der Waals surface area (Å²) in [6.07, 6.45) is 7.81. The third kappa shape index (κ3) is 7.31. The summed E-state index contributed by atoms with van der Waals surface area (Å²) in [6, 6.07) is 2.65. The number of amides is 1. The Balaban J connectivity index is 1.21. The molecule has 2 aromatic heterocycles. The lowest BCUT2D eigenvalue weighted by Crippen LogP contribution is -2.57. The molecule has 4 aliphatic rings. The summed E-state index contributed by atoms with van der Waals surface area (Å²) in [7, 11) is 2.15. The number of ether oxygens (including phenoxy) is 3. The van der Waals surface area contributed by atoms with Crippen LogP contribution in [0.25, 0.3) is 15.7 Å². The average Bonchev–Trinajstić information content (AvgIpc) is 3.72. The van der Waals surface area contributed by atoms with Gasteiger partial charge in [0.1, 0.15) is 24.1 Å². The number of rotatable bonds is 7. The highest BCUT2D eigenvalue weighted by molar-refractivity contribution is 5.95. The van der Waals surface area contributed by atoms with Crippen molar-refractivity contribution in [2.24, 2.45) is 0 Å². The molecule has 6 heterocycles. The number of carbonyl (C=O) groups excluding carboxylic acids is 1. The second-order valence-electron chi connectivity index (χ2n) is 15.6. The predicted molar refractivity (Wildman–Crippen MR) is 196 cm³/mol. The Kier molecular flexibility index (Phi) is 10.0. The van der Waals surface area contributed by atoms with Crippen molar-refractivity contribution in [2.75, 3.05) is 69.3 Å². The Hall–Kier alpha value is -4.15. The van der Waals surface area contributed by atoms with E-state index >= 15 is 0 Å². The molecule has 3 atom stereocenters. The zero-order chi connectivity index (χ0) is 35.9. The number of benzene rings is 1. The SMILES string of the molecule is [C-]#[N+]C[C@H]1CN(c2nc(OCC3CCCN3C)nc3c2CCN(c2c(C)c(C)cc4c2cnn4C2CCCCO2)C3)CCN1C(=O)OC(C)(C)C. The number of hydrogen-bond donors (Lipinski definition) is 0. The number of aryl methyl sites for hydroxylation is 1. The molecule has 3 aromatic rings. The first-order valence-corrected chi connectivity index (χ1v) is 18.6. The van der Waals surface area contributed by atoms with Crippen LogP contribution in [0.5, 0.6) is 6.01 Å². The molecule has 7 rings (SSSR count). The number of piperazine rings is 1. The molecule has 13 nitrogen and oxygen atoms in total. The average molecular weight is 700 g/mol. The van der Waals surface area contributed by atoms with E-state index in [2.05, 4.69) is 51.2 Å². The summed E-state index contributed by atoms with van der Waals surface area (Å²) in [6.45, 7) is 23.1. The van der Waals surface area contributed by atoms with Crippen molar-refractivity contribution >= 4 is 28.5 Å². The maximum absolute atomic E-state index is 13.2. The molecule has 2 unspecified atom stereocenters. The zero-order valence-electron chi connectivity index (χ0n) is 31.2. The second-order valence-corrected chi connectivity index (χ2v) is 15.6. The Morgan fingerprint density at radius 2 is 1.90 bits per heavy atom. The molecular formula is C38H53N9O4. The second kappa shape index (κ2) is 14.5. The minimum atomic E-state index is -0.613. The summed E-state index contributed by atoms with van der Waals surface area (Å²) in [5.41, 5.74) is 6.21. The van der Waals surface area contributed by atoms with Gasteiger partial charge in [0.15, 0.2) is 6.23 Å². The normalized spacial score (nSPS) is 23.0. The Labute approximate surface area is 301 Å². The molecule has 0 N–H and O–H groups in total. The van der Waals surface area contributed by atoms with Gasteiger partial charge >= 0.3 is 12.1 Å². The van der Waals surface area contributed by atoms with Gasteiger partial charge in [0, 0.05) is 49.8 Å². The standard InChI is InChI=1S/C38H53N9O4/c1-25-19-32-30(21-40-47(32)33-12-8-9-18-49-33)34(26(25)2)44-15-13-29-31(23-44)41-36(50-24-27-11-10-14-43(27)7)42-35(29)45-16-17-46(28(22-45)20-39-6)37(48)51-38(3,4)5/h19,21,27-28,33H,8-18,20,22-24H2,1-5,7H3/t27?,28-,33?/m0/s1. The highest BCUT2D eigenvalue weighted by Crippen LogP contribution is 2.39. The van der Waals surface area contributed by atoms with Crippen molar-refractivity contribution in [3.05, 3.63) is 46.1 Å². The van der Waals surface area contributed by atoms with Crippen molar-refractivity contribution in [3.8, 4) is 6.01 Å². The van der Waals surface area contributed by atoms with Crippen molar-refractivity contribution in [2.45, 2.75) is 104 Å². The molecule has 1 aromatic carbocycles. The molecule has 0 aliphatic carbocycles. The number of nitrogens with zero attached hydrogens (tertiary/aromatic N) is 9. The number of aromatic nitrogens is 4. The van der Waals surface area contributed by atoms with E-state index in [0.29, 0.717) is 44.8 Å². The minimum absolute atomic E-state index is 0.0373. The summed E-state index contributed by atoms with van der Waals surface area (Å²) >= 11 is 0. The molecular weight excluding hydrogens is 646 g/mol. The number of fused-ring (bicyclic) bond motifs is 2. The molecule has 1 amide bonds. The number of likely N-dealkylation sites (tertiary alicyclic amines) is 1. The van der Waals surface area contributed by atoms with Gasteiger partial charge in [0.25, 0.3) is 0 Å². The van der Waals surface area contributed by atoms with Gasteiger partial charge in [-0.1, -0.05) is 0 Å². The molecule has 13 heteroatoms. The first kappa shape index (κ1) is 35.3. The fraction of sp³-hybridized carbons (Fsp3) is 0.658. The van der Waals surface area contributed by atoms with Crippen molar-refractivity contribution in [1.29, 1.82) is 0 Å². The van der Waals surface area contributed by atoms with Gasteiger partial charge in [0.05, 0.1) is 29.6 Å². The van der Waals surface area contributed by atoms with E-state index in [4.69, 9.17) is 35.8 Å². The van der Waals surface area contributed by atoms with Gasteiger partial charge in [-0.2, -0.15) is 15.1 Å². The van der Waals surface area contributed by atoms with Crippen LogP contribution in [-0.4, -0.2) is 113 Å². The van der Waals surface area contributed by atoms with Gasteiger partial charge in [-0.05, 0) is 104 Å². The van der Waals surface area contributed by atoms with Crippen molar-refractivity contribution in [3.63, 3.8) is 0 Å². The summed E-state index contributed by atoms with van der Waals surface area (Å²) in [4.78, 5) is 35.8. The monoisotopic (exact) mass is 699 g/mol. The van der Waals surface area contributed by atoms with Crippen molar-refractivity contribution in [1.82, 2.24) is 29.5 Å². The van der Waals surface area contributed by atoms with Crippen LogP contribution in [0.2, 0.25) is 0 Å². The van der Waals surface area contributed by atoms with E-state index in [0.717, 1.165) is 86.2 Å². The number of anilines is 2. The summed E-state index contributed by atoms with van der Waals surface area (Å²) in [5.74, 6) is 0.849. The first-order valence-electron chi connectivity index (χ1n) is 18.6. The van der Waals surface area contributed by atoms with Crippen LogP contribution in [0.15, 0.2) is 12.3 Å². The third-order valence-corrected chi connectivity index (χ3v) is 10.9. The molecule has 4 aliphatic heterocycles. The van der Waals surface area contributed by atoms with E-state index in [1.807, 2.05) is 27.0 Å². The molecule has 0 radical (unpaired) electrons. The topological polar surface area (TPSA) is 106 Å². The molecule has 3 saturated heterocycles. The number of hydrogen-bond acceptors (Lipinski definition) is 10. The lowest BCUT2D eigenvalue weighted by Gasteiger charge is -2.41. The fourth-order valence-electron chi connectivity index (χ4n) is 8.09. The van der Waals surface area contributed by atoms with Crippen LogP contribution in [0.4, 0.5) is 16.3 Å². The Bertz CT molecular complexity index is 1790. The van der Waals surface area contributed by atoms with Gasteiger partial charge in [-0.15, -0.1) is 0 Å². The smallest absolute Gasteiger partial charge is 0.410 e. The number of likely N-dealkylation sites (N-methyl/N-ethyl adjacent to an activating group) is 1. The quantitative estimate of drug-likeness (QED) is 0.293. The Morgan fingerprint density at radius 1 is 1.06 bits per heavy atom. The van der Waals surface area contributed by atoms with E-state index in [-0.39, 0.29) is 24.9 Å². The maximum atomic E-state index is 13.2.